The fourth-order valence-corrected chi connectivity index (χ4v) is 3.17. The summed E-state index contributed by atoms with van der Waals surface area (Å²) in [5, 5.41) is 9.39. The molecule has 1 saturated heterocycles. The molecule has 4 nitrogen and oxygen atoms in total. The van der Waals surface area contributed by atoms with Crippen molar-refractivity contribution in [3.63, 3.8) is 0 Å². The number of benzene rings is 1. The third-order valence-electron chi connectivity index (χ3n) is 3.94. The molecule has 0 spiro atoms. The quantitative estimate of drug-likeness (QED) is 0.890. The lowest BCUT2D eigenvalue weighted by Crippen LogP contribution is -2.47. The molecule has 1 aliphatic heterocycles. The highest BCUT2D eigenvalue weighted by atomic mass is 79.9. The summed E-state index contributed by atoms with van der Waals surface area (Å²) >= 11 is 3.50. The summed E-state index contributed by atoms with van der Waals surface area (Å²) in [6.45, 7) is 8.34. The fourth-order valence-electron chi connectivity index (χ4n) is 2.79. The van der Waals surface area contributed by atoms with Crippen LogP contribution in [0.2, 0.25) is 0 Å². The van der Waals surface area contributed by atoms with Gasteiger partial charge in [-0.05, 0) is 51.3 Å². The van der Waals surface area contributed by atoms with E-state index in [0.29, 0.717) is 12.5 Å². The molecule has 21 heavy (non-hydrogen) atoms. The van der Waals surface area contributed by atoms with Crippen molar-refractivity contribution in [2.75, 3.05) is 24.5 Å². The Morgan fingerprint density at radius 1 is 1.48 bits per heavy atom. The molecule has 0 aromatic heterocycles. The number of hydrogen-bond acceptors (Lipinski definition) is 2. The van der Waals surface area contributed by atoms with Gasteiger partial charge < -0.3 is 14.9 Å². The van der Waals surface area contributed by atoms with Gasteiger partial charge in [0.2, 0.25) is 0 Å². The topological polar surface area (TPSA) is 43.8 Å². The van der Waals surface area contributed by atoms with Gasteiger partial charge in [-0.3, -0.25) is 0 Å². The summed E-state index contributed by atoms with van der Waals surface area (Å²) in [6, 6.07) is 8.27. The van der Waals surface area contributed by atoms with E-state index in [1.54, 1.807) is 4.90 Å². The van der Waals surface area contributed by atoms with Crippen molar-refractivity contribution in [3.8, 4) is 0 Å². The van der Waals surface area contributed by atoms with E-state index in [0.717, 1.165) is 24.0 Å². The molecule has 116 valence electrons. The minimum Gasteiger partial charge on any atom is -0.465 e. The molecule has 1 aliphatic rings. The number of halogens is 1. The zero-order valence-electron chi connectivity index (χ0n) is 12.8. The van der Waals surface area contributed by atoms with Crippen LogP contribution in [0.25, 0.3) is 0 Å². The van der Waals surface area contributed by atoms with E-state index in [4.69, 9.17) is 0 Å². The van der Waals surface area contributed by atoms with Gasteiger partial charge in [-0.25, -0.2) is 4.79 Å². The molecule has 1 fully saturated rings. The van der Waals surface area contributed by atoms with Crippen LogP contribution in [0.15, 0.2) is 28.7 Å². The highest BCUT2D eigenvalue weighted by Crippen LogP contribution is 2.28. The van der Waals surface area contributed by atoms with Crippen molar-refractivity contribution in [3.05, 3.63) is 28.7 Å². The summed E-state index contributed by atoms with van der Waals surface area (Å²) < 4.78 is 1.07. The number of carboxylic acid groups (broad SMARTS) is 1. The SMILES string of the molecule is CC(C)(C)N(C[C@@H]1CCN(c2cccc(Br)c2)C1)C(=O)O. The van der Waals surface area contributed by atoms with Crippen LogP contribution in [-0.4, -0.2) is 41.3 Å². The van der Waals surface area contributed by atoms with Crippen LogP contribution < -0.4 is 4.90 Å². The number of nitrogens with zero attached hydrogens (tertiary/aromatic N) is 2. The lowest BCUT2D eigenvalue weighted by molar-refractivity contribution is 0.0908. The molecule has 5 heteroatoms. The number of carbonyl (C=O) groups is 1. The Balaban J connectivity index is 2.01. The maximum atomic E-state index is 11.4. The second kappa shape index (κ2) is 6.26. The third-order valence-corrected chi connectivity index (χ3v) is 4.43. The molecule has 1 heterocycles. The molecule has 1 amide bonds. The van der Waals surface area contributed by atoms with E-state index in [9.17, 15) is 9.90 Å². The monoisotopic (exact) mass is 354 g/mol. The predicted molar refractivity (Wildman–Crippen MR) is 88.9 cm³/mol. The first-order valence-corrected chi connectivity index (χ1v) is 8.08. The van der Waals surface area contributed by atoms with Gasteiger partial charge in [0.1, 0.15) is 0 Å². The Bertz CT molecular complexity index is 513. The zero-order valence-corrected chi connectivity index (χ0v) is 14.4. The molecule has 1 N–H and O–H groups in total. The molecule has 2 rings (SSSR count). The Morgan fingerprint density at radius 2 is 2.19 bits per heavy atom. The van der Waals surface area contributed by atoms with Crippen LogP contribution in [0.4, 0.5) is 10.5 Å². The van der Waals surface area contributed by atoms with E-state index >= 15 is 0 Å². The highest BCUT2D eigenvalue weighted by Gasteiger charge is 2.31. The molecule has 0 bridgehead atoms. The Hall–Kier alpha value is -1.23. The first-order valence-electron chi connectivity index (χ1n) is 7.28. The molecular formula is C16H23BrN2O2. The number of hydrogen-bond donors (Lipinski definition) is 1. The minimum absolute atomic E-state index is 0.352. The van der Waals surface area contributed by atoms with Gasteiger partial charge in [-0.15, -0.1) is 0 Å². The van der Waals surface area contributed by atoms with Gasteiger partial charge in [0.05, 0.1) is 0 Å². The van der Waals surface area contributed by atoms with Crippen LogP contribution in [0.5, 0.6) is 0 Å². The van der Waals surface area contributed by atoms with Crippen molar-refractivity contribution < 1.29 is 9.90 Å². The normalized spacial score (nSPS) is 18.9. The van der Waals surface area contributed by atoms with E-state index < -0.39 is 6.09 Å². The van der Waals surface area contributed by atoms with Crippen LogP contribution >= 0.6 is 15.9 Å². The van der Waals surface area contributed by atoms with Crippen molar-refractivity contribution in [1.82, 2.24) is 4.90 Å². The zero-order chi connectivity index (χ0) is 15.6. The Morgan fingerprint density at radius 3 is 2.76 bits per heavy atom. The van der Waals surface area contributed by atoms with E-state index in [1.165, 1.54) is 5.69 Å². The lowest BCUT2D eigenvalue weighted by atomic mass is 10.0. The van der Waals surface area contributed by atoms with Gasteiger partial charge in [0, 0.05) is 35.3 Å². The second-order valence-electron chi connectivity index (χ2n) is 6.64. The van der Waals surface area contributed by atoms with E-state index in [-0.39, 0.29) is 5.54 Å². The lowest BCUT2D eigenvalue weighted by Gasteiger charge is -2.35. The molecule has 0 unspecified atom stereocenters. The van der Waals surface area contributed by atoms with Crippen LogP contribution in [0.1, 0.15) is 27.2 Å². The first kappa shape index (κ1) is 16.1. The molecule has 0 radical (unpaired) electrons. The first-order chi connectivity index (χ1) is 9.77. The molecule has 1 aromatic rings. The minimum atomic E-state index is -0.830. The van der Waals surface area contributed by atoms with Crippen molar-refractivity contribution in [1.29, 1.82) is 0 Å². The largest absolute Gasteiger partial charge is 0.465 e. The molecule has 0 saturated carbocycles. The van der Waals surface area contributed by atoms with E-state index in [2.05, 4.69) is 33.0 Å². The van der Waals surface area contributed by atoms with Gasteiger partial charge >= 0.3 is 6.09 Å². The van der Waals surface area contributed by atoms with Crippen LogP contribution in [0, 0.1) is 5.92 Å². The van der Waals surface area contributed by atoms with Gasteiger partial charge in [0.15, 0.2) is 0 Å². The number of amides is 1. The second-order valence-corrected chi connectivity index (χ2v) is 7.56. The summed E-state index contributed by atoms with van der Waals surface area (Å²) in [7, 11) is 0. The average molecular weight is 355 g/mol. The Labute approximate surface area is 134 Å². The highest BCUT2D eigenvalue weighted by molar-refractivity contribution is 9.10. The number of anilines is 1. The maximum Gasteiger partial charge on any atom is 0.407 e. The number of rotatable bonds is 3. The van der Waals surface area contributed by atoms with Crippen molar-refractivity contribution in [2.24, 2.45) is 5.92 Å². The summed E-state index contributed by atoms with van der Waals surface area (Å²) in [5.41, 5.74) is 0.846. The van der Waals surface area contributed by atoms with Crippen LogP contribution in [0.3, 0.4) is 0 Å². The van der Waals surface area contributed by atoms with E-state index in [1.807, 2.05) is 32.9 Å². The smallest absolute Gasteiger partial charge is 0.407 e. The van der Waals surface area contributed by atoms with Crippen molar-refractivity contribution in [2.45, 2.75) is 32.7 Å². The fraction of sp³-hybridized carbons (Fsp3) is 0.562. The van der Waals surface area contributed by atoms with Gasteiger partial charge in [-0.2, -0.15) is 0 Å². The summed E-state index contributed by atoms with van der Waals surface area (Å²) in [6.07, 6.45) is 0.204. The van der Waals surface area contributed by atoms with Crippen molar-refractivity contribution >= 4 is 27.7 Å². The predicted octanol–water partition coefficient (Wildman–Crippen LogP) is 4.05. The Kier molecular flexibility index (Phi) is 4.81. The molecule has 1 aromatic carbocycles. The van der Waals surface area contributed by atoms with Crippen LogP contribution in [-0.2, 0) is 0 Å². The molecular weight excluding hydrogens is 332 g/mol. The van der Waals surface area contributed by atoms with Gasteiger partial charge in [-0.1, -0.05) is 22.0 Å². The maximum absolute atomic E-state index is 11.4. The summed E-state index contributed by atoms with van der Waals surface area (Å²) in [4.78, 5) is 15.3. The van der Waals surface area contributed by atoms with Gasteiger partial charge in [0.25, 0.3) is 0 Å². The third kappa shape index (κ3) is 4.13. The average Bonchev–Trinajstić information content (AvgIpc) is 2.83. The molecule has 0 aliphatic carbocycles. The summed E-state index contributed by atoms with van der Waals surface area (Å²) in [5.74, 6) is 0.388. The molecule has 1 atom stereocenters. The standard InChI is InChI=1S/C16H23BrN2O2/c1-16(2,3)19(15(20)21)11-12-7-8-18(10-12)14-6-4-5-13(17)9-14/h4-6,9,12H,7-8,10-11H2,1-3H3,(H,20,21)/t12-/m1/s1.